The van der Waals surface area contributed by atoms with E-state index in [9.17, 15) is 13.7 Å². The van der Waals surface area contributed by atoms with Crippen LogP contribution in [0.15, 0.2) is 70.5 Å². The number of ether oxygens (including phenoxy) is 2. The number of hydrogen-bond acceptors (Lipinski definition) is 5. The molecule has 0 fully saturated rings. The van der Waals surface area contributed by atoms with Gasteiger partial charge in [0.1, 0.15) is 17.6 Å². The molecule has 0 atom stereocenters. The first-order valence-corrected chi connectivity index (χ1v) is 11.7. The van der Waals surface area contributed by atoms with Crippen LogP contribution >= 0.6 is 34.8 Å². The number of allylic oxidation sites excluding steroid dienone is 1. The molecule has 3 rings (SSSR count). The van der Waals surface area contributed by atoms with E-state index in [4.69, 9.17) is 44.3 Å². The summed E-state index contributed by atoms with van der Waals surface area (Å²) in [4.78, 5) is -0.355. The molecule has 0 aliphatic heterocycles. The van der Waals surface area contributed by atoms with Gasteiger partial charge in [-0.2, -0.15) is 5.26 Å². The van der Waals surface area contributed by atoms with Crippen molar-refractivity contribution in [3.05, 3.63) is 91.8 Å². The van der Waals surface area contributed by atoms with Crippen molar-refractivity contribution in [2.45, 2.75) is 11.5 Å². The van der Waals surface area contributed by atoms with Crippen molar-refractivity contribution in [2.24, 2.45) is 0 Å². The van der Waals surface area contributed by atoms with Gasteiger partial charge in [-0.1, -0.05) is 59.1 Å². The number of sulfone groups is 1. The lowest BCUT2D eigenvalue weighted by Gasteiger charge is -2.14. The van der Waals surface area contributed by atoms with Gasteiger partial charge in [-0.15, -0.1) is 0 Å². The average Bonchev–Trinajstić information content (AvgIpc) is 2.80. The molecule has 0 spiro atoms. The maximum Gasteiger partial charge on any atom is 0.216 e. The van der Waals surface area contributed by atoms with Gasteiger partial charge in [0.05, 0.1) is 22.1 Å². The number of benzene rings is 3. The number of nitrogens with zero attached hydrogens (tertiary/aromatic N) is 1. The van der Waals surface area contributed by atoms with Crippen molar-refractivity contribution >= 4 is 50.7 Å². The fourth-order valence-electron chi connectivity index (χ4n) is 2.79. The van der Waals surface area contributed by atoms with Crippen molar-refractivity contribution in [3.8, 4) is 17.6 Å². The third kappa shape index (κ3) is 5.20. The Kier molecular flexibility index (Phi) is 7.70. The molecule has 0 bridgehead atoms. The van der Waals surface area contributed by atoms with Gasteiger partial charge in [-0.3, -0.25) is 0 Å². The predicted molar refractivity (Wildman–Crippen MR) is 126 cm³/mol. The normalized spacial score (nSPS) is 11.7. The fraction of sp³-hybridized carbons (Fsp3) is 0.0870. The molecule has 0 aliphatic carbocycles. The zero-order valence-corrected chi connectivity index (χ0v) is 19.8. The lowest BCUT2D eigenvalue weighted by atomic mass is 10.2. The Hall–Kier alpha value is -2.69. The lowest BCUT2D eigenvalue weighted by Crippen LogP contribution is -2.03. The highest BCUT2D eigenvalue weighted by Gasteiger charge is 2.21. The van der Waals surface area contributed by atoms with E-state index in [0.29, 0.717) is 37.7 Å². The molecule has 0 saturated carbocycles. The third-order valence-electron chi connectivity index (χ3n) is 4.45. The first kappa shape index (κ1) is 24.0. The van der Waals surface area contributed by atoms with Crippen LogP contribution in [-0.4, -0.2) is 15.5 Å². The van der Waals surface area contributed by atoms with E-state index >= 15 is 0 Å². The molecule has 0 aliphatic rings. The third-order valence-corrected chi connectivity index (χ3v) is 7.33. The summed E-state index contributed by atoms with van der Waals surface area (Å²) in [5.41, 5.74) is 0.969. The largest absolute Gasteiger partial charge is 0.493 e. The molecule has 32 heavy (non-hydrogen) atoms. The fourth-order valence-corrected chi connectivity index (χ4v) is 4.63. The van der Waals surface area contributed by atoms with E-state index in [1.807, 2.05) is 0 Å². The van der Waals surface area contributed by atoms with Crippen LogP contribution in [0.3, 0.4) is 0 Å². The lowest BCUT2D eigenvalue weighted by molar-refractivity contribution is 0.284. The van der Waals surface area contributed by atoms with Gasteiger partial charge in [0.25, 0.3) is 0 Å². The summed E-state index contributed by atoms with van der Waals surface area (Å²) in [5.74, 6) is 0.712. The molecule has 0 radical (unpaired) electrons. The van der Waals surface area contributed by atoms with Crippen LogP contribution in [0.4, 0.5) is 0 Å². The second kappa shape index (κ2) is 10.3. The standard InChI is InChI=1S/C23H16Cl3NO4S/c1-30-22-12-15(11-17(13-27)32(28,29)16-5-3-2-4-6-16)7-10-21(22)31-14-18-19(24)8-9-20(25)23(18)26/h2-12H,14H2,1H3. The summed E-state index contributed by atoms with van der Waals surface area (Å²) < 4.78 is 36.7. The second-order valence-electron chi connectivity index (χ2n) is 6.46. The SMILES string of the molecule is COc1cc(C=C(C#N)S(=O)(=O)c2ccccc2)ccc1OCc1c(Cl)ccc(Cl)c1Cl. The molecule has 0 aromatic heterocycles. The number of rotatable bonds is 7. The summed E-state index contributed by atoms with van der Waals surface area (Å²) in [5, 5.41) is 10.5. The Morgan fingerprint density at radius 1 is 1.00 bits per heavy atom. The van der Waals surface area contributed by atoms with Crippen molar-refractivity contribution in [2.75, 3.05) is 7.11 Å². The van der Waals surface area contributed by atoms with Crippen LogP contribution in [0.1, 0.15) is 11.1 Å². The first-order chi connectivity index (χ1) is 15.3. The van der Waals surface area contributed by atoms with E-state index in [0.717, 1.165) is 0 Å². The van der Waals surface area contributed by atoms with Gasteiger partial charge < -0.3 is 9.47 Å². The van der Waals surface area contributed by atoms with Crippen LogP contribution in [0.5, 0.6) is 11.5 Å². The molecule has 0 heterocycles. The number of nitriles is 1. The smallest absolute Gasteiger partial charge is 0.216 e. The van der Waals surface area contributed by atoms with E-state index in [2.05, 4.69) is 0 Å². The minimum atomic E-state index is -3.95. The minimum Gasteiger partial charge on any atom is -0.493 e. The van der Waals surface area contributed by atoms with Crippen molar-refractivity contribution in [1.82, 2.24) is 0 Å². The molecular formula is C23H16Cl3NO4S. The Bertz CT molecular complexity index is 1320. The average molecular weight is 509 g/mol. The van der Waals surface area contributed by atoms with E-state index in [-0.39, 0.29) is 11.5 Å². The van der Waals surface area contributed by atoms with Gasteiger partial charge in [0.2, 0.25) is 9.84 Å². The van der Waals surface area contributed by atoms with E-state index in [1.165, 1.54) is 25.3 Å². The summed E-state index contributed by atoms with van der Waals surface area (Å²) in [6.45, 7) is 0.0373. The van der Waals surface area contributed by atoms with E-state index in [1.54, 1.807) is 54.6 Å². The van der Waals surface area contributed by atoms with Gasteiger partial charge in [0.15, 0.2) is 11.5 Å². The highest BCUT2D eigenvalue weighted by Crippen LogP contribution is 2.35. The van der Waals surface area contributed by atoms with Gasteiger partial charge in [0, 0.05) is 10.6 Å². The van der Waals surface area contributed by atoms with Crippen molar-refractivity contribution < 1.29 is 17.9 Å². The molecular weight excluding hydrogens is 493 g/mol. The quantitative estimate of drug-likeness (QED) is 0.266. The Morgan fingerprint density at radius 2 is 1.69 bits per heavy atom. The van der Waals surface area contributed by atoms with Crippen molar-refractivity contribution in [3.63, 3.8) is 0 Å². The van der Waals surface area contributed by atoms with Crippen LogP contribution in [0.25, 0.3) is 6.08 Å². The van der Waals surface area contributed by atoms with Crippen molar-refractivity contribution in [1.29, 1.82) is 5.26 Å². The Balaban J connectivity index is 1.90. The van der Waals surface area contributed by atoms with Crippen LogP contribution < -0.4 is 9.47 Å². The first-order valence-electron chi connectivity index (χ1n) is 9.13. The Morgan fingerprint density at radius 3 is 2.34 bits per heavy atom. The van der Waals surface area contributed by atoms with Gasteiger partial charge in [-0.05, 0) is 48.0 Å². The number of halogens is 3. The molecule has 0 amide bonds. The topological polar surface area (TPSA) is 76.4 Å². The molecule has 5 nitrogen and oxygen atoms in total. The Labute approximate surface area is 201 Å². The monoisotopic (exact) mass is 507 g/mol. The molecule has 3 aromatic carbocycles. The number of hydrogen-bond donors (Lipinski definition) is 0. The van der Waals surface area contributed by atoms with Crippen LogP contribution in [0, 0.1) is 11.3 Å². The number of methoxy groups -OCH3 is 1. The van der Waals surface area contributed by atoms with Crippen LogP contribution in [0.2, 0.25) is 15.1 Å². The molecule has 0 N–H and O–H groups in total. The summed E-state index contributed by atoms with van der Waals surface area (Å²) >= 11 is 18.4. The second-order valence-corrected chi connectivity index (χ2v) is 9.57. The molecule has 164 valence electrons. The molecule has 3 aromatic rings. The summed E-state index contributed by atoms with van der Waals surface area (Å²) in [7, 11) is -2.51. The van der Waals surface area contributed by atoms with E-state index < -0.39 is 14.7 Å². The van der Waals surface area contributed by atoms with Crippen LogP contribution in [-0.2, 0) is 16.4 Å². The van der Waals surface area contributed by atoms with Gasteiger partial charge in [-0.25, -0.2) is 8.42 Å². The molecule has 9 heteroatoms. The minimum absolute atomic E-state index is 0.0370. The zero-order valence-electron chi connectivity index (χ0n) is 16.7. The summed E-state index contributed by atoms with van der Waals surface area (Å²) in [6, 6.07) is 17.5. The highest BCUT2D eigenvalue weighted by atomic mass is 35.5. The highest BCUT2D eigenvalue weighted by molar-refractivity contribution is 7.95. The maximum absolute atomic E-state index is 12.8. The zero-order chi connectivity index (χ0) is 23.3. The maximum atomic E-state index is 12.8. The van der Waals surface area contributed by atoms with Gasteiger partial charge >= 0.3 is 0 Å². The molecule has 0 unspecified atom stereocenters. The summed E-state index contributed by atoms with van der Waals surface area (Å²) in [6.07, 6.45) is 1.28. The predicted octanol–water partition coefficient (Wildman–Crippen LogP) is 6.57. The molecule has 0 saturated heterocycles.